The summed E-state index contributed by atoms with van der Waals surface area (Å²) >= 11 is 0. The molecule has 1 unspecified atom stereocenters. The predicted octanol–water partition coefficient (Wildman–Crippen LogP) is 4.69. The monoisotopic (exact) mass is 352 g/mol. The molecule has 2 rings (SSSR count). The van der Waals surface area contributed by atoms with E-state index in [0.717, 1.165) is 5.56 Å². The van der Waals surface area contributed by atoms with Crippen molar-refractivity contribution >= 4 is 17.8 Å². The minimum atomic E-state index is -1.02. The fourth-order valence-electron chi connectivity index (χ4n) is 2.32. The minimum absolute atomic E-state index is 0.0493. The van der Waals surface area contributed by atoms with E-state index in [-0.39, 0.29) is 11.8 Å². The van der Waals surface area contributed by atoms with Crippen molar-refractivity contribution < 1.29 is 19.1 Å². The molecule has 26 heavy (non-hydrogen) atoms. The molecule has 2 aromatic rings. The Morgan fingerprint density at radius 2 is 1.65 bits per heavy atom. The summed E-state index contributed by atoms with van der Waals surface area (Å²) in [6, 6.07) is 16.3. The molecular weight excluding hydrogens is 328 g/mol. The van der Waals surface area contributed by atoms with Gasteiger partial charge in [-0.2, -0.15) is 0 Å². The number of benzene rings is 2. The highest BCUT2D eigenvalue weighted by molar-refractivity contribution is 6.06. The number of ketones is 1. The molecule has 0 bridgehead atoms. The van der Waals surface area contributed by atoms with E-state index < -0.39 is 5.60 Å². The Kier molecular flexibility index (Phi) is 6.73. The van der Waals surface area contributed by atoms with Crippen molar-refractivity contribution in [2.45, 2.75) is 32.8 Å². The van der Waals surface area contributed by atoms with Crippen molar-refractivity contribution in [2.24, 2.45) is 0 Å². The first-order valence-electron chi connectivity index (χ1n) is 8.72. The number of carbonyl (C=O) groups excluding carboxylic acids is 2. The Labute approximate surface area is 154 Å². The summed E-state index contributed by atoms with van der Waals surface area (Å²) in [7, 11) is 0. The minimum Gasteiger partial charge on any atom is -0.476 e. The Morgan fingerprint density at radius 3 is 2.23 bits per heavy atom. The highest BCUT2D eigenvalue weighted by Gasteiger charge is 2.35. The molecule has 0 saturated carbocycles. The number of carbonyl (C=O) groups is 2. The SMILES string of the molecule is CCOC(=O)C(C)(CC)Oc1ccc(C=CC(=O)c2ccccc2)cc1. The second-order valence-electron chi connectivity index (χ2n) is 6.04. The Morgan fingerprint density at radius 1 is 1.00 bits per heavy atom. The average molecular weight is 352 g/mol. The predicted molar refractivity (Wildman–Crippen MR) is 102 cm³/mol. The van der Waals surface area contributed by atoms with Gasteiger partial charge in [-0.3, -0.25) is 4.79 Å². The van der Waals surface area contributed by atoms with E-state index in [4.69, 9.17) is 9.47 Å². The lowest BCUT2D eigenvalue weighted by molar-refractivity contribution is -0.160. The Balaban J connectivity index is 2.05. The third kappa shape index (κ3) is 5.06. The van der Waals surface area contributed by atoms with Gasteiger partial charge in [0.1, 0.15) is 5.75 Å². The van der Waals surface area contributed by atoms with E-state index in [0.29, 0.717) is 24.3 Å². The van der Waals surface area contributed by atoms with Crippen LogP contribution in [0, 0.1) is 0 Å². The lowest BCUT2D eigenvalue weighted by atomic mass is 10.0. The van der Waals surface area contributed by atoms with E-state index in [2.05, 4.69) is 0 Å². The molecule has 4 heteroatoms. The third-order valence-corrected chi connectivity index (χ3v) is 4.09. The molecule has 0 saturated heterocycles. The van der Waals surface area contributed by atoms with Crippen LogP contribution in [0.25, 0.3) is 6.08 Å². The van der Waals surface area contributed by atoms with Crippen LogP contribution in [0.2, 0.25) is 0 Å². The van der Waals surface area contributed by atoms with Gasteiger partial charge in [0.05, 0.1) is 6.61 Å². The van der Waals surface area contributed by atoms with Crippen molar-refractivity contribution in [3.63, 3.8) is 0 Å². The zero-order valence-electron chi connectivity index (χ0n) is 15.4. The average Bonchev–Trinajstić information content (AvgIpc) is 2.68. The van der Waals surface area contributed by atoms with Gasteiger partial charge in [-0.1, -0.05) is 55.5 Å². The maximum atomic E-state index is 12.1. The van der Waals surface area contributed by atoms with E-state index in [1.807, 2.05) is 37.3 Å². The van der Waals surface area contributed by atoms with E-state index >= 15 is 0 Å². The fourth-order valence-corrected chi connectivity index (χ4v) is 2.32. The van der Waals surface area contributed by atoms with Crippen LogP contribution in [-0.2, 0) is 9.53 Å². The molecule has 0 heterocycles. The summed E-state index contributed by atoms with van der Waals surface area (Å²) in [5.74, 6) is 0.153. The highest BCUT2D eigenvalue weighted by Crippen LogP contribution is 2.23. The molecule has 0 amide bonds. The van der Waals surface area contributed by atoms with E-state index in [9.17, 15) is 9.59 Å². The van der Waals surface area contributed by atoms with Crippen molar-refractivity contribution in [1.82, 2.24) is 0 Å². The van der Waals surface area contributed by atoms with Crippen LogP contribution in [0.1, 0.15) is 43.1 Å². The lowest BCUT2D eigenvalue weighted by Gasteiger charge is -2.27. The summed E-state index contributed by atoms with van der Waals surface area (Å²) in [5.41, 5.74) is 0.504. The normalized spacial score (nSPS) is 13.2. The molecule has 0 spiro atoms. The Bertz CT molecular complexity index is 762. The van der Waals surface area contributed by atoms with Gasteiger partial charge in [-0.25, -0.2) is 4.79 Å². The molecule has 4 nitrogen and oxygen atoms in total. The van der Waals surface area contributed by atoms with Crippen LogP contribution in [0.5, 0.6) is 5.75 Å². The number of esters is 1. The zero-order chi connectivity index (χ0) is 19.0. The molecule has 0 aliphatic carbocycles. The molecule has 0 aliphatic rings. The van der Waals surface area contributed by atoms with Crippen LogP contribution < -0.4 is 4.74 Å². The standard InChI is InChI=1S/C22H24O4/c1-4-22(3,21(24)25-5-2)26-19-14-11-17(12-15-19)13-16-20(23)18-9-7-6-8-10-18/h6-16H,4-5H2,1-3H3. The van der Waals surface area contributed by atoms with Crippen LogP contribution in [0.3, 0.4) is 0 Å². The van der Waals surface area contributed by atoms with Gasteiger partial charge in [0.15, 0.2) is 5.78 Å². The molecule has 0 N–H and O–H groups in total. The molecule has 0 radical (unpaired) electrons. The summed E-state index contributed by atoms with van der Waals surface area (Å²) < 4.78 is 10.9. The molecule has 0 aromatic heterocycles. The van der Waals surface area contributed by atoms with Crippen molar-refractivity contribution in [2.75, 3.05) is 6.61 Å². The molecule has 2 aromatic carbocycles. The van der Waals surface area contributed by atoms with Crippen molar-refractivity contribution in [1.29, 1.82) is 0 Å². The van der Waals surface area contributed by atoms with Gasteiger partial charge < -0.3 is 9.47 Å². The molecule has 0 aliphatic heterocycles. The van der Waals surface area contributed by atoms with E-state index in [1.54, 1.807) is 50.3 Å². The zero-order valence-corrected chi connectivity index (χ0v) is 15.4. The summed E-state index contributed by atoms with van der Waals surface area (Å²) in [6.45, 7) is 5.68. The lowest BCUT2D eigenvalue weighted by Crippen LogP contribution is -2.42. The molecule has 0 fully saturated rings. The van der Waals surface area contributed by atoms with Gasteiger partial charge in [-0.05, 0) is 44.0 Å². The number of hydrogen-bond donors (Lipinski definition) is 0. The van der Waals surface area contributed by atoms with Crippen LogP contribution in [-0.4, -0.2) is 24.0 Å². The van der Waals surface area contributed by atoms with Gasteiger partial charge in [0, 0.05) is 5.56 Å². The van der Waals surface area contributed by atoms with Crippen LogP contribution in [0.15, 0.2) is 60.7 Å². The van der Waals surface area contributed by atoms with Gasteiger partial charge in [0.25, 0.3) is 0 Å². The maximum absolute atomic E-state index is 12.1. The second kappa shape index (κ2) is 8.99. The first-order chi connectivity index (χ1) is 12.5. The highest BCUT2D eigenvalue weighted by atomic mass is 16.6. The fraction of sp³-hybridized carbons (Fsp3) is 0.273. The smallest absolute Gasteiger partial charge is 0.350 e. The van der Waals surface area contributed by atoms with Gasteiger partial charge in [-0.15, -0.1) is 0 Å². The number of hydrogen-bond acceptors (Lipinski definition) is 4. The molecule has 1 atom stereocenters. The summed E-state index contributed by atoms with van der Waals surface area (Å²) in [4.78, 5) is 24.2. The maximum Gasteiger partial charge on any atom is 0.350 e. The number of ether oxygens (including phenoxy) is 2. The van der Waals surface area contributed by atoms with E-state index in [1.165, 1.54) is 0 Å². The molecule has 136 valence electrons. The number of rotatable bonds is 8. The quantitative estimate of drug-likeness (QED) is 0.393. The summed E-state index contributed by atoms with van der Waals surface area (Å²) in [6.07, 6.45) is 3.79. The molecular formula is C22H24O4. The van der Waals surface area contributed by atoms with Crippen molar-refractivity contribution in [3.8, 4) is 5.75 Å². The van der Waals surface area contributed by atoms with Crippen LogP contribution in [0.4, 0.5) is 0 Å². The third-order valence-electron chi connectivity index (χ3n) is 4.09. The van der Waals surface area contributed by atoms with Crippen LogP contribution >= 0.6 is 0 Å². The number of allylic oxidation sites excluding steroid dienone is 1. The largest absolute Gasteiger partial charge is 0.476 e. The second-order valence-corrected chi connectivity index (χ2v) is 6.04. The first-order valence-corrected chi connectivity index (χ1v) is 8.72. The van der Waals surface area contributed by atoms with Crippen molar-refractivity contribution in [3.05, 3.63) is 71.8 Å². The van der Waals surface area contributed by atoms with Gasteiger partial charge >= 0.3 is 5.97 Å². The Hall–Kier alpha value is -2.88. The van der Waals surface area contributed by atoms with Gasteiger partial charge in [0.2, 0.25) is 5.60 Å². The summed E-state index contributed by atoms with van der Waals surface area (Å²) in [5, 5.41) is 0. The topological polar surface area (TPSA) is 52.6 Å². The first kappa shape index (κ1) is 19.4.